The summed E-state index contributed by atoms with van der Waals surface area (Å²) in [4.78, 5) is 15.1. The van der Waals surface area contributed by atoms with Crippen molar-refractivity contribution in [2.24, 2.45) is 0 Å². The summed E-state index contributed by atoms with van der Waals surface area (Å²) < 4.78 is 0.602. The molecule has 7 nitrogen and oxygen atoms in total. The fraction of sp³-hybridized carbons (Fsp3) is 0.286. The molecule has 0 bridgehead atoms. The number of nitrogens with one attached hydrogen (secondary N) is 2. The van der Waals surface area contributed by atoms with Gasteiger partial charge in [0.15, 0.2) is 0 Å². The van der Waals surface area contributed by atoms with Gasteiger partial charge in [-0.2, -0.15) is 0 Å². The molecule has 2 radical (unpaired) electrons. The molecule has 1 aliphatic rings. The minimum absolute atomic E-state index is 0.00323. The third-order valence-corrected chi connectivity index (χ3v) is 4.03. The molecule has 1 fully saturated rings. The molecule has 110 valence electrons. The van der Waals surface area contributed by atoms with E-state index in [1.165, 1.54) is 0 Å². The molecule has 2 aromatic heterocycles. The molecule has 0 aromatic carbocycles. The number of piperazine rings is 1. The van der Waals surface area contributed by atoms with E-state index in [1.54, 1.807) is 12.4 Å². The summed E-state index contributed by atoms with van der Waals surface area (Å²) in [7, 11) is 0. The SMILES string of the molecule is N#Cc1cnc(N(c2ccccn2)C2CNCCN2)nc1[As]. The topological polar surface area (TPSA) is 89.8 Å². The van der Waals surface area contributed by atoms with E-state index in [4.69, 9.17) is 5.26 Å². The van der Waals surface area contributed by atoms with Gasteiger partial charge in [-0.05, 0) is 0 Å². The van der Waals surface area contributed by atoms with Crippen molar-refractivity contribution >= 4 is 33.1 Å². The molecule has 8 heteroatoms. The van der Waals surface area contributed by atoms with Crippen molar-refractivity contribution < 1.29 is 0 Å². The molecule has 0 aliphatic carbocycles. The maximum absolute atomic E-state index is 9.03. The molecule has 1 aliphatic heterocycles. The summed E-state index contributed by atoms with van der Waals surface area (Å²) in [5.74, 6) is 1.29. The molecular formula is C14H14AsN7. The number of aromatic nitrogens is 3. The van der Waals surface area contributed by atoms with Gasteiger partial charge in [0.25, 0.3) is 0 Å². The predicted molar refractivity (Wildman–Crippen MR) is 83.2 cm³/mol. The molecular weight excluding hydrogens is 341 g/mol. The Kier molecular flexibility index (Phi) is 4.64. The monoisotopic (exact) mass is 355 g/mol. The molecule has 0 spiro atoms. The van der Waals surface area contributed by atoms with E-state index in [0.29, 0.717) is 16.0 Å². The Morgan fingerprint density at radius 1 is 1.32 bits per heavy atom. The number of nitriles is 1. The Bertz CT molecular complexity index is 679. The van der Waals surface area contributed by atoms with Crippen molar-refractivity contribution in [3.63, 3.8) is 0 Å². The zero-order valence-corrected chi connectivity index (χ0v) is 13.6. The van der Waals surface area contributed by atoms with Crippen LogP contribution in [0.2, 0.25) is 0 Å². The zero-order valence-electron chi connectivity index (χ0n) is 11.8. The summed E-state index contributed by atoms with van der Waals surface area (Å²) in [5.41, 5.74) is 0.458. The summed E-state index contributed by atoms with van der Waals surface area (Å²) in [6, 6.07) is 7.80. The number of anilines is 2. The van der Waals surface area contributed by atoms with E-state index in [9.17, 15) is 0 Å². The second-order valence-corrected chi connectivity index (χ2v) is 5.64. The van der Waals surface area contributed by atoms with Crippen LogP contribution in [-0.4, -0.2) is 57.6 Å². The van der Waals surface area contributed by atoms with Crippen LogP contribution in [0, 0.1) is 11.3 Å². The normalized spacial score (nSPS) is 17.7. The maximum atomic E-state index is 9.03. The van der Waals surface area contributed by atoms with Gasteiger partial charge in [-0.15, -0.1) is 0 Å². The van der Waals surface area contributed by atoms with E-state index in [1.807, 2.05) is 23.1 Å². The van der Waals surface area contributed by atoms with Gasteiger partial charge in [0.1, 0.15) is 0 Å². The van der Waals surface area contributed by atoms with Crippen LogP contribution in [0.4, 0.5) is 11.8 Å². The Hall–Kier alpha value is -2.00. The third-order valence-electron chi connectivity index (χ3n) is 3.32. The first-order valence-corrected chi connectivity index (χ1v) is 7.84. The fourth-order valence-corrected chi connectivity index (χ4v) is 2.69. The number of pyridine rings is 1. The second kappa shape index (κ2) is 6.84. The van der Waals surface area contributed by atoms with Crippen LogP contribution in [0.25, 0.3) is 0 Å². The molecule has 0 saturated carbocycles. The van der Waals surface area contributed by atoms with Crippen LogP contribution < -0.4 is 20.0 Å². The van der Waals surface area contributed by atoms with Crippen molar-refractivity contribution in [2.75, 3.05) is 24.5 Å². The van der Waals surface area contributed by atoms with Crippen molar-refractivity contribution in [3.05, 3.63) is 36.2 Å². The first kappa shape index (κ1) is 14.9. The van der Waals surface area contributed by atoms with E-state index in [0.717, 1.165) is 25.5 Å². The van der Waals surface area contributed by atoms with Crippen molar-refractivity contribution in [3.8, 4) is 6.07 Å². The van der Waals surface area contributed by atoms with Gasteiger partial charge in [-0.1, -0.05) is 0 Å². The van der Waals surface area contributed by atoms with Crippen molar-refractivity contribution in [2.45, 2.75) is 6.17 Å². The third kappa shape index (κ3) is 3.09. The average molecular weight is 355 g/mol. The molecule has 22 heavy (non-hydrogen) atoms. The first-order valence-electron chi connectivity index (χ1n) is 6.90. The Morgan fingerprint density at radius 2 is 2.23 bits per heavy atom. The summed E-state index contributed by atoms with van der Waals surface area (Å²) in [6.45, 7) is 2.55. The molecule has 1 saturated heterocycles. The minimum atomic E-state index is 0.00323. The first-order chi connectivity index (χ1) is 10.8. The van der Waals surface area contributed by atoms with E-state index < -0.39 is 0 Å². The van der Waals surface area contributed by atoms with Gasteiger partial charge in [-0.3, -0.25) is 0 Å². The van der Waals surface area contributed by atoms with Crippen LogP contribution in [0.1, 0.15) is 5.56 Å². The molecule has 2 aromatic rings. The Labute approximate surface area is 137 Å². The summed E-state index contributed by atoms with van der Waals surface area (Å²) >= 11 is 2.31. The quantitative estimate of drug-likeness (QED) is 0.697. The van der Waals surface area contributed by atoms with E-state index in [-0.39, 0.29) is 6.17 Å². The average Bonchev–Trinajstić information content (AvgIpc) is 2.57. The zero-order chi connectivity index (χ0) is 15.4. The van der Waals surface area contributed by atoms with Crippen molar-refractivity contribution in [1.29, 1.82) is 5.26 Å². The van der Waals surface area contributed by atoms with E-state index >= 15 is 0 Å². The fourth-order valence-electron chi connectivity index (χ4n) is 2.28. The standard InChI is InChI=1S/C14H14AsN7/c15-13-10(7-16)8-20-14(21-13)22(11-3-1-2-4-18-11)12-9-17-5-6-19-12/h1-4,8,12,17,19H,5-6,9H2. The van der Waals surface area contributed by atoms with Gasteiger partial charge in [0.05, 0.1) is 0 Å². The van der Waals surface area contributed by atoms with Gasteiger partial charge < -0.3 is 0 Å². The Morgan fingerprint density at radius 3 is 2.86 bits per heavy atom. The van der Waals surface area contributed by atoms with Crippen molar-refractivity contribution in [1.82, 2.24) is 25.6 Å². The van der Waals surface area contributed by atoms with Crippen LogP contribution in [-0.2, 0) is 0 Å². The predicted octanol–water partition coefficient (Wildman–Crippen LogP) is -0.806. The number of nitrogens with zero attached hydrogens (tertiary/aromatic N) is 5. The van der Waals surface area contributed by atoms with Gasteiger partial charge in [-0.25, -0.2) is 0 Å². The van der Waals surface area contributed by atoms with Gasteiger partial charge >= 0.3 is 137 Å². The van der Waals surface area contributed by atoms with Crippen LogP contribution in [0.3, 0.4) is 0 Å². The number of rotatable bonds is 3. The summed E-state index contributed by atoms with van der Waals surface area (Å²) in [6.07, 6.45) is 3.29. The van der Waals surface area contributed by atoms with Gasteiger partial charge in [0.2, 0.25) is 0 Å². The molecule has 1 atom stereocenters. The van der Waals surface area contributed by atoms with Gasteiger partial charge in [0, 0.05) is 0 Å². The van der Waals surface area contributed by atoms with Crippen LogP contribution in [0.5, 0.6) is 0 Å². The van der Waals surface area contributed by atoms with Crippen LogP contribution >= 0.6 is 0 Å². The molecule has 0 amide bonds. The molecule has 3 rings (SSSR count). The molecule has 1 unspecified atom stereocenters. The molecule has 3 heterocycles. The number of hydrogen-bond acceptors (Lipinski definition) is 7. The Balaban J connectivity index is 2.01. The number of hydrogen-bond donors (Lipinski definition) is 2. The second-order valence-electron chi connectivity index (χ2n) is 4.75. The molecule has 2 N–H and O–H groups in total. The summed E-state index contributed by atoms with van der Waals surface area (Å²) in [5, 5.41) is 15.8. The van der Waals surface area contributed by atoms with E-state index in [2.05, 4.69) is 48.5 Å². The van der Waals surface area contributed by atoms with Crippen LogP contribution in [0.15, 0.2) is 30.6 Å².